The van der Waals surface area contributed by atoms with Crippen LogP contribution in [0.3, 0.4) is 0 Å². The summed E-state index contributed by atoms with van der Waals surface area (Å²) < 4.78 is 6.43. The summed E-state index contributed by atoms with van der Waals surface area (Å²) >= 11 is 0. The summed E-state index contributed by atoms with van der Waals surface area (Å²) in [6.45, 7) is 11.0. The Morgan fingerprint density at radius 2 is 1.53 bits per heavy atom. The van der Waals surface area contributed by atoms with Crippen molar-refractivity contribution < 1.29 is 4.74 Å². The fourth-order valence-corrected chi connectivity index (χ4v) is 2.82. The predicted molar refractivity (Wildman–Crippen MR) is 72.3 cm³/mol. The molecule has 0 atom stereocenters. The van der Waals surface area contributed by atoms with Crippen LogP contribution in [0.15, 0.2) is 24.3 Å². The zero-order chi connectivity index (χ0) is 12.7. The van der Waals surface area contributed by atoms with Gasteiger partial charge in [0, 0.05) is 12.8 Å². The van der Waals surface area contributed by atoms with Crippen LogP contribution in [-0.4, -0.2) is 11.2 Å². The van der Waals surface area contributed by atoms with Gasteiger partial charge >= 0.3 is 0 Å². The van der Waals surface area contributed by atoms with Gasteiger partial charge in [0.1, 0.15) is 0 Å². The molecule has 2 rings (SSSR count). The van der Waals surface area contributed by atoms with Crippen molar-refractivity contribution in [1.82, 2.24) is 0 Å². The fourth-order valence-electron chi connectivity index (χ4n) is 2.82. The van der Waals surface area contributed by atoms with Crippen LogP contribution in [0.25, 0.3) is 0 Å². The minimum atomic E-state index is -0.0771. The van der Waals surface area contributed by atoms with Crippen molar-refractivity contribution in [1.29, 1.82) is 0 Å². The molecule has 0 saturated heterocycles. The molecule has 0 aromatic heterocycles. The zero-order valence-corrected chi connectivity index (χ0v) is 11.7. The van der Waals surface area contributed by atoms with Crippen LogP contribution in [0.2, 0.25) is 0 Å². The summed E-state index contributed by atoms with van der Waals surface area (Å²) in [5.41, 5.74) is 2.84. The monoisotopic (exact) mass is 232 g/mol. The molecule has 0 fully saturated rings. The number of benzene rings is 1. The van der Waals surface area contributed by atoms with E-state index in [0.717, 1.165) is 12.8 Å². The summed E-state index contributed by atoms with van der Waals surface area (Å²) in [5.74, 6) is 0.536. The molecule has 0 aliphatic heterocycles. The molecule has 1 aromatic carbocycles. The summed E-state index contributed by atoms with van der Waals surface area (Å²) in [6, 6.07) is 8.75. The molecule has 1 nitrogen and oxygen atoms in total. The first-order valence-electron chi connectivity index (χ1n) is 6.59. The first kappa shape index (κ1) is 12.6. The maximum Gasteiger partial charge on any atom is 0.0792 e. The molecule has 1 aliphatic rings. The Bertz CT molecular complexity index is 373. The van der Waals surface area contributed by atoms with Crippen LogP contribution >= 0.6 is 0 Å². The van der Waals surface area contributed by atoms with Crippen LogP contribution in [0, 0.1) is 5.92 Å². The normalized spacial score (nSPS) is 18.5. The zero-order valence-electron chi connectivity index (χ0n) is 11.7. The molecular weight excluding hydrogens is 208 g/mol. The Balaban J connectivity index is 2.29. The molecule has 0 unspecified atom stereocenters. The van der Waals surface area contributed by atoms with Crippen molar-refractivity contribution >= 4 is 0 Å². The summed E-state index contributed by atoms with van der Waals surface area (Å²) in [5, 5.41) is 0. The maximum absolute atomic E-state index is 6.43. The van der Waals surface area contributed by atoms with Gasteiger partial charge in [0.2, 0.25) is 0 Å². The van der Waals surface area contributed by atoms with Gasteiger partial charge in [-0.2, -0.15) is 0 Å². The van der Waals surface area contributed by atoms with Crippen molar-refractivity contribution in [2.24, 2.45) is 5.92 Å². The van der Waals surface area contributed by atoms with Crippen molar-refractivity contribution in [3.63, 3.8) is 0 Å². The second kappa shape index (κ2) is 4.13. The molecule has 94 valence electrons. The number of fused-ring (bicyclic) bond motifs is 1. The standard InChI is InChI=1S/C16H24O/c1-12(2)16(17-15(3,4)5)10-13-8-6-7-9-14(13)11-16/h6-9,12H,10-11H2,1-5H3. The highest BCUT2D eigenvalue weighted by molar-refractivity contribution is 5.35. The van der Waals surface area contributed by atoms with E-state index >= 15 is 0 Å². The minimum Gasteiger partial charge on any atom is -0.368 e. The number of ether oxygens (including phenoxy) is 1. The molecule has 0 radical (unpaired) electrons. The average molecular weight is 232 g/mol. The van der Waals surface area contributed by atoms with Gasteiger partial charge < -0.3 is 4.74 Å². The van der Waals surface area contributed by atoms with Gasteiger partial charge in [0.25, 0.3) is 0 Å². The van der Waals surface area contributed by atoms with Crippen molar-refractivity contribution in [3.8, 4) is 0 Å². The Morgan fingerprint density at radius 3 is 1.88 bits per heavy atom. The Morgan fingerprint density at radius 1 is 1.06 bits per heavy atom. The summed E-state index contributed by atoms with van der Waals surface area (Å²) in [4.78, 5) is 0. The van der Waals surface area contributed by atoms with Gasteiger partial charge in [0.15, 0.2) is 0 Å². The van der Waals surface area contributed by atoms with E-state index in [1.807, 2.05) is 0 Å². The second-order valence-electron chi connectivity index (χ2n) is 6.56. The molecule has 1 aliphatic carbocycles. The lowest BCUT2D eigenvalue weighted by atomic mass is 9.86. The van der Waals surface area contributed by atoms with Crippen molar-refractivity contribution in [2.45, 2.75) is 58.7 Å². The maximum atomic E-state index is 6.43. The summed E-state index contributed by atoms with van der Waals surface area (Å²) in [7, 11) is 0. The van der Waals surface area contributed by atoms with E-state index in [-0.39, 0.29) is 11.2 Å². The van der Waals surface area contributed by atoms with E-state index in [9.17, 15) is 0 Å². The average Bonchev–Trinajstić information content (AvgIpc) is 2.53. The Labute approximate surface area is 105 Å². The smallest absolute Gasteiger partial charge is 0.0792 e. The van der Waals surface area contributed by atoms with E-state index in [2.05, 4.69) is 58.9 Å². The van der Waals surface area contributed by atoms with Gasteiger partial charge in [-0.15, -0.1) is 0 Å². The summed E-state index contributed by atoms with van der Waals surface area (Å²) in [6.07, 6.45) is 2.11. The molecule has 0 N–H and O–H groups in total. The second-order valence-corrected chi connectivity index (χ2v) is 6.56. The molecular formula is C16H24O. The largest absolute Gasteiger partial charge is 0.368 e. The number of hydrogen-bond donors (Lipinski definition) is 0. The highest BCUT2D eigenvalue weighted by Gasteiger charge is 2.43. The number of rotatable bonds is 2. The van der Waals surface area contributed by atoms with Gasteiger partial charge in [-0.1, -0.05) is 38.1 Å². The Hall–Kier alpha value is -0.820. The van der Waals surface area contributed by atoms with Crippen LogP contribution in [-0.2, 0) is 17.6 Å². The minimum absolute atomic E-state index is 0.0120. The predicted octanol–water partition coefficient (Wildman–Crippen LogP) is 4.00. The molecule has 0 bridgehead atoms. The highest BCUT2D eigenvalue weighted by atomic mass is 16.5. The first-order valence-corrected chi connectivity index (χ1v) is 6.59. The molecule has 1 aromatic rings. The molecule has 0 heterocycles. The van der Waals surface area contributed by atoms with Crippen molar-refractivity contribution in [3.05, 3.63) is 35.4 Å². The van der Waals surface area contributed by atoms with Crippen LogP contribution < -0.4 is 0 Å². The van der Waals surface area contributed by atoms with Gasteiger partial charge in [-0.05, 0) is 37.8 Å². The number of hydrogen-bond acceptors (Lipinski definition) is 1. The van der Waals surface area contributed by atoms with Crippen LogP contribution in [0.1, 0.15) is 45.7 Å². The third-order valence-electron chi connectivity index (χ3n) is 3.66. The van der Waals surface area contributed by atoms with E-state index in [1.165, 1.54) is 11.1 Å². The van der Waals surface area contributed by atoms with Crippen LogP contribution in [0.4, 0.5) is 0 Å². The molecule has 0 spiro atoms. The van der Waals surface area contributed by atoms with Gasteiger partial charge in [-0.25, -0.2) is 0 Å². The quantitative estimate of drug-likeness (QED) is 0.749. The topological polar surface area (TPSA) is 9.23 Å². The van der Waals surface area contributed by atoms with Gasteiger partial charge in [0.05, 0.1) is 11.2 Å². The molecule has 1 heteroatoms. The third-order valence-corrected chi connectivity index (χ3v) is 3.66. The lowest BCUT2D eigenvalue weighted by Crippen LogP contribution is -2.45. The SMILES string of the molecule is CC(C)C1(OC(C)(C)C)Cc2ccccc2C1. The Kier molecular flexibility index (Phi) is 3.07. The van der Waals surface area contributed by atoms with Gasteiger partial charge in [-0.3, -0.25) is 0 Å². The van der Waals surface area contributed by atoms with E-state index in [0.29, 0.717) is 5.92 Å². The molecule has 0 amide bonds. The van der Waals surface area contributed by atoms with E-state index in [4.69, 9.17) is 4.74 Å². The van der Waals surface area contributed by atoms with E-state index in [1.54, 1.807) is 0 Å². The highest BCUT2D eigenvalue weighted by Crippen LogP contribution is 2.40. The van der Waals surface area contributed by atoms with E-state index < -0.39 is 0 Å². The lowest BCUT2D eigenvalue weighted by Gasteiger charge is -2.40. The fraction of sp³-hybridized carbons (Fsp3) is 0.625. The third kappa shape index (κ3) is 2.55. The van der Waals surface area contributed by atoms with Crippen LogP contribution in [0.5, 0.6) is 0 Å². The molecule has 0 saturated carbocycles. The molecule has 17 heavy (non-hydrogen) atoms. The lowest BCUT2D eigenvalue weighted by molar-refractivity contribution is -0.149. The first-order chi connectivity index (χ1) is 7.82. The van der Waals surface area contributed by atoms with Crippen molar-refractivity contribution in [2.75, 3.05) is 0 Å².